The Morgan fingerprint density at radius 3 is 2.36 bits per heavy atom. The van der Waals surface area contributed by atoms with Gasteiger partial charge in [-0.15, -0.1) is 0 Å². The van der Waals surface area contributed by atoms with Gasteiger partial charge in [-0.25, -0.2) is 14.0 Å². The lowest BCUT2D eigenvalue weighted by atomic mass is 9.98. The van der Waals surface area contributed by atoms with Crippen molar-refractivity contribution in [2.24, 2.45) is 0 Å². The number of aliphatic carboxylic acids is 1. The molecule has 0 fully saturated rings. The van der Waals surface area contributed by atoms with Gasteiger partial charge >= 0.3 is 12.1 Å². The van der Waals surface area contributed by atoms with Crippen LogP contribution in [0.2, 0.25) is 0 Å². The third kappa shape index (κ3) is 3.93. The molecule has 166 valence electrons. The Labute approximate surface area is 189 Å². The predicted octanol–water partition coefficient (Wildman–Crippen LogP) is 4.84. The van der Waals surface area contributed by atoms with E-state index in [0.29, 0.717) is 16.5 Å². The number of nitrogens with one attached hydrogen (secondary N) is 2. The van der Waals surface area contributed by atoms with Gasteiger partial charge in [0.05, 0.1) is 0 Å². The van der Waals surface area contributed by atoms with Crippen molar-refractivity contribution < 1.29 is 23.8 Å². The van der Waals surface area contributed by atoms with Gasteiger partial charge in [-0.1, -0.05) is 48.5 Å². The second-order valence-corrected chi connectivity index (χ2v) is 8.07. The van der Waals surface area contributed by atoms with Gasteiger partial charge in [-0.3, -0.25) is 0 Å². The van der Waals surface area contributed by atoms with Crippen LogP contribution in [0.3, 0.4) is 0 Å². The summed E-state index contributed by atoms with van der Waals surface area (Å²) in [6.45, 7) is 0.0878. The maximum atomic E-state index is 13.6. The molecule has 1 heterocycles. The molecule has 1 aromatic heterocycles. The lowest BCUT2D eigenvalue weighted by molar-refractivity contribution is -0.139. The van der Waals surface area contributed by atoms with Gasteiger partial charge in [0, 0.05) is 29.4 Å². The molecule has 0 saturated carbocycles. The number of rotatable bonds is 6. The van der Waals surface area contributed by atoms with Crippen LogP contribution < -0.4 is 5.32 Å². The van der Waals surface area contributed by atoms with Crippen LogP contribution in [0.25, 0.3) is 22.0 Å². The fourth-order valence-electron chi connectivity index (χ4n) is 4.52. The number of carboxylic acids is 1. The summed E-state index contributed by atoms with van der Waals surface area (Å²) in [4.78, 5) is 27.3. The van der Waals surface area contributed by atoms with Crippen LogP contribution >= 0.6 is 0 Å². The molecule has 0 aliphatic heterocycles. The van der Waals surface area contributed by atoms with Crippen molar-refractivity contribution in [3.63, 3.8) is 0 Å². The number of carbonyl (C=O) groups excluding carboxylic acids is 1. The van der Waals surface area contributed by atoms with E-state index >= 15 is 0 Å². The standard InChI is InChI=1S/C26H21FN2O4/c27-16-9-10-23-21(12-16)15(13-28-23)11-24(25(30)31)29-26(32)33-14-22-19-7-3-1-5-17(19)18-6-2-4-8-20(18)22/h1-10,12-13,22,24,28H,11,14H2,(H,29,32)(H,30,31)/t24-/m0/s1. The number of H-pyrrole nitrogens is 1. The number of hydrogen-bond donors (Lipinski definition) is 3. The molecule has 3 N–H and O–H groups in total. The summed E-state index contributed by atoms with van der Waals surface area (Å²) < 4.78 is 19.1. The van der Waals surface area contributed by atoms with Crippen LogP contribution in [0.5, 0.6) is 0 Å². The molecule has 1 atom stereocenters. The second-order valence-electron chi connectivity index (χ2n) is 8.07. The number of benzene rings is 3. The zero-order chi connectivity index (χ0) is 22.9. The highest BCUT2D eigenvalue weighted by molar-refractivity contribution is 5.86. The largest absolute Gasteiger partial charge is 0.480 e. The van der Waals surface area contributed by atoms with E-state index in [2.05, 4.69) is 10.3 Å². The van der Waals surface area contributed by atoms with Crippen LogP contribution in [-0.2, 0) is 16.0 Å². The predicted molar refractivity (Wildman–Crippen MR) is 122 cm³/mol. The van der Waals surface area contributed by atoms with Crippen molar-refractivity contribution in [2.45, 2.75) is 18.4 Å². The molecular weight excluding hydrogens is 423 g/mol. The second kappa shape index (κ2) is 8.43. The number of aromatic nitrogens is 1. The zero-order valence-corrected chi connectivity index (χ0v) is 17.5. The molecule has 6 nitrogen and oxygen atoms in total. The van der Waals surface area contributed by atoms with Gasteiger partial charge in [-0.05, 0) is 46.0 Å². The number of alkyl carbamates (subject to hydrolysis) is 1. The molecule has 1 amide bonds. The van der Waals surface area contributed by atoms with Crippen LogP contribution in [0.1, 0.15) is 22.6 Å². The number of aromatic amines is 1. The van der Waals surface area contributed by atoms with Crippen molar-refractivity contribution in [3.05, 3.63) is 95.4 Å². The fraction of sp³-hybridized carbons (Fsp3) is 0.154. The third-order valence-corrected chi connectivity index (χ3v) is 6.09. The summed E-state index contributed by atoms with van der Waals surface area (Å²) >= 11 is 0. The van der Waals surface area contributed by atoms with E-state index in [0.717, 1.165) is 22.3 Å². The molecule has 33 heavy (non-hydrogen) atoms. The molecule has 0 unspecified atom stereocenters. The highest BCUT2D eigenvalue weighted by Crippen LogP contribution is 2.44. The first-order chi connectivity index (χ1) is 16.0. The molecule has 7 heteroatoms. The first kappa shape index (κ1) is 20.8. The van der Waals surface area contributed by atoms with Crippen molar-refractivity contribution in [1.29, 1.82) is 0 Å². The van der Waals surface area contributed by atoms with Crippen LogP contribution in [0.15, 0.2) is 72.9 Å². The molecule has 0 saturated heterocycles. The van der Waals surface area contributed by atoms with Gasteiger partial charge < -0.3 is 20.1 Å². The molecule has 0 spiro atoms. The Morgan fingerprint density at radius 1 is 1.03 bits per heavy atom. The number of amides is 1. The maximum Gasteiger partial charge on any atom is 0.407 e. The Balaban J connectivity index is 1.29. The van der Waals surface area contributed by atoms with E-state index in [1.54, 1.807) is 12.3 Å². The fourth-order valence-corrected chi connectivity index (χ4v) is 4.52. The van der Waals surface area contributed by atoms with E-state index in [9.17, 15) is 19.1 Å². The van der Waals surface area contributed by atoms with E-state index < -0.39 is 23.9 Å². The van der Waals surface area contributed by atoms with Gasteiger partial charge in [0.1, 0.15) is 18.5 Å². The Kier molecular flexibility index (Phi) is 5.30. The van der Waals surface area contributed by atoms with E-state index in [-0.39, 0.29) is 18.9 Å². The molecule has 5 rings (SSSR count). The minimum Gasteiger partial charge on any atom is -0.480 e. The number of hydrogen-bond acceptors (Lipinski definition) is 3. The minimum atomic E-state index is -1.22. The number of ether oxygens (including phenoxy) is 1. The smallest absolute Gasteiger partial charge is 0.407 e. The summed E-state index contributed by atoms with van der Waals surface area (Å²) in [5, 5.41) is 12.7. The first-order valence-corrected chi connectivity index (χ1v) is 10.6. The summed E-state index contributed by atoms with van der Waals surface area (Å²) in [7, 11) is 0. The molecule has 4 aromatic rings. The summed E-state index contributed by atoms with van der Waals surface area (Å²) in [6, 6.07) is 19.0. The summed E-state index contributed by atoms with van der Waals surface area (Å²) in [5.74, 6) is -1.74. The number of carbonyl (C=O) groups is 2. The summed E-state index contributed by atoms with van der Waals surface area (Å²) in [6.07, 6.45) is 0.804. The Hall–Kier alpha value is -4.13. The molecule has 0 bridgehead atoms. The van der Waals surface area contributed by atoms with E-state index in [1.165, 1.54) is 12.1 Å². The van der Waals surface area contributed by atoms with Crippen molar-refractivity contribution in [3.8, 4) is 11.1 Å². The minimum absolute atomic E-state index is 0.0109. The monoisotopic (exact) mass is 444 g/mol. The first-order valence-electron chi connectivity index (χ1n) is 10.6. The van der Waals surface area contributed by atoms with Crippen molar-refractivity contribution >= 4 is 23.0 Å². The topological polar surface area (TPSA) is 91.4 Å². The van der Waals surface area contributed by atoms with Crippen LogP contribution in [0, 0.1) is 5.82 Å². The van der Waals surface area contributed by atoms with E-state index in [4.69, 9.17) is 4.74 Å². The van der Waals surface area contributed by atoms with Gasteiger partial charge in [0.25, 0.3) is 0 Å². The highest BCUT2D eigenvalue weighted by atomic mass is 19.1. The van der Waals surface area contributed by atoms with Crippen molar-refractivity contribution in [1.82, 2.24) is 10.3 Å². The number of carboxylic acid groups (broad SMARTS) is 1. The highest BCUT2D eigenvalue weighted by Gasteiger charge is 2.30. The maximum absolute atomic E-state index is 13.6. The van der Waals surface area contributed by atoms with E-state index in [1.807, 2.05) is 48.5 Å². The van der Waals surface area contributed by atoms with Crippen LogP contribution in [-0.4, -0.2) is 34.8 Å². The molecular formula is C26H21FN2O4. The quantitative estimate of drug-likeness (QED) is 0.397. The molecule has 0 radical (unpaired) electrons. The molecule has 1 aliphatic carbocycles. The molecule has 1 aliphatic rings. The summed E-state index contributed by atoms with van der Waals surface area (Å²) in [5.41, 5.74) is 5.64. The normalized spacial score (nSPS) is 13.4. The van der Waals surface area contributed by atoms with Gasteiger partial charge in [0.2, 0.25) is 0 Å². The Morgan fingerprint density at radius 2 is 1.70 bits per heavy atom. The lowest BCUT2D eigenvalue weighted by Gasteiger charge is -2.17. The van der Waals surface area contributed by atoms with Gasteiger partial charge in [0.15, 0.2) is 0 Å². The number of fused-ring (bicyclic) bond motifs is 4. The zero-order valence-electron chi connectivity index (χ0n) is 17.5. The average Bonchev–Trinajstić information content (AvgIpc) is 3.35. The lowest BCUT2D eigenvalue weighted by Crippen LogP contribution is -2.42. The SMILES string of the molecule is O=C(N[C@@H](Cc1c[nH]c2ccc(F)cc12)C(=O)O)OCC1c2ccccc2-c2ccccc21. The van der Waals surface area contributed by atoms with Crippen LogP contribution in [0.4, 0.5) is 9.18 Å². The van der Waals surface area contributed by atoms with Crippen molar-refractivity contribution in [2.75, 3.05) is 6.61 Å². The Bertz CT molecular complexity index is 1320. The average molecular weight is 444 g/mol. The third-order valence-electron chi connectivity index (χ3n) is 6.09. The molecule has 3 aromatic carbocycles. The number of halogens is 1. The van der Waals surface area contributed by atoms with Gasteiger partial charge in [-0.2, -0.15) is 0 Å².